The zero-order valence-corrected chi connectivity index (χ0v) is 25.6. The van der Waals surface area contributed by atoms with Gasteiger partial charge in [0.25, 0.3) is 0 Å². The zero-order valence-electron chi connectivity index (χ0n) is 24.8. The molecule has 0 bridgehead atoms. The molecule has 1 heterocycles. The molecular formula is C37H39NO5S. The van der Waals surface area contributed by atoms with Crippen LogP contribution in [0.2, 0.25) is 0 Å². The first-order chi connectivity index (χ1) is 21.8. The van der Waals surface area contributed by atoms with E-state index < -0.39 is 24.4 Å². The van der Waals surface area contributed by atoms with Gasteiger partial charge in [-0.05, 0) is 22.3 Å². The second-order valence-electron chi connectivity index (χ2n) is 10.6. The summed E-state index contributed by atoms with van der Waals surface area (Å²) in [6.45, 7) is 1.97. The number of ether oxygens (including phenoxy) is 5. The summed E-state index contributed by atoms with van der Waals surface area (Å²) in [6.07, 6.45) is -1.38. The number of benzene rings is 4. The molecule has 4 aromatic carbocycles. The molecule has 1 aliphatic rings. The van der Waals surface area contributed by atoms with Crippen LogP contribution in [0.3, 0.4) is 0 Å². The van der Waals surface area contributed by atoms with Gasteiger partial charge in [-0.1, -0.05) is 121 Å². The molecule has 4 aromatic rings. The van der Waals surface area contributed by atoms with E-state index in [-0.39, 0.29) is 5.44 Å². The quantitative estimate of drug-likeness (QED) is 0.123. The van der Waals surface area contributed by atoms with Gasteiger partial charge in [0.05, 0.1) is 39.1 Å². The Kier molecular flexibility index (Phi) is 12.9. The van der Waals surface area contributed by atoms with Crippen LogP contribution in [-0.4, -0.2) is 42.2 Å². The lowest BCUT2D eigenvalue weighted by Gasteiger charge is -2.46. The van der Waals surface area contributed by atoms with Crippen molar-refractivity contribution in [1.82, 2.24) is 0 Å². The monoisotopic (exact) mass is 609 g/mol. The van der Waals surface area contributed by atoms with Gasteiger partial charge >= 0.3 is 0 Å². The highest BCUT2D eigenvalue weighted by Gasteiger charge is 2.48. The van der Waals surface area contributed by atoms with Gasteiger partial charge in [-0.15, -0.1) is 11.8 Å². The maximum absolute atomic E-state index is 9.27. The summed E-state index contributed by atoms with van der Waals surface area (Å²) in [6, 6.07) is 42.7. The average Bonchev–Trinajstić information content (AvgIpc) is 3.08. The van der Waals surface area contributed by atoms with E-state index in [4.69, 9.17) is 23.7 Å². The molecule has 0 radical (unpaired) electrons. The van der Waals surface area contributed by atoms with Gasteiger partial charge in [0.15, 0.2) is 0 Å². The van der Waals surface area contributed by atoms with Crippen molar-refractivity contribution in [3.05, 3.63) is 144 Å². The van der Waals surface area contributed by atoms with Crippen LogP contribution in [0.5, 0.6) is 0 Å². The summed E-state index contributed by atoms with van der Waals surface area (Å²) in [5.41, 5.74) is 3.89. The van der Waals surface area contributed by atoms with Crippen molar-refractivity contribution in [1.29, 1.82) is 5.26 Å². The van der Waals surface area contributed by atoms with Crippen LogP contribution in [0, 0.1) is 11.3 Å². The molecule has 0 amide bonds. The molecule has 5 atom stereocenters. The number of rotatable bonds is 16. The van der Waals surface area contributed by atoms with E-state index in [2.05, 4.69) is 18.2 Å². The van der Waals surface area contributed by atoms with Crippen molar-refractivity contribution in [3.63, 3.8) is 0 Å². The fourth-order valence-corrected chi connectivity index (χ4v) is 6.19. The van der Waals surface area contributed by atoms with Crippen LogP contribution in [0.25, 0.3) is 0 Å². The number of hydrogen-bond donors (Lipinski definition) is 0. The van der Waals surface area contributed by atoms with E-state index in [0.717, 1.165) is 22.3 Å². The molecule has 0 aromatic heterocycles. The van der Waals surface area contributed by atoms with Gasteiger partial charge in [0, 0.05) is 12.2 Å². The molecule has 1 aliphatic heterocycles. The number of thioether (sulfide) groups is 1. The fourth-order valence-electron chi connectivity index (χ4n) is 5.10. The van der Waals surface area contributed by atoms with Gasteiger partial charge in [0.2, 0.25) is 0 Å². The van der Waals surface area contributed by atoms with Gasteiger partial charge in [-0.3, -0.25) is 0 Å². The summed E-state index contributed by atoms with van der Waals surface area (Å²) in [7, 11) is 0. The number of hydrogen-bond acceptors (Lipinski definition) is 7. The molecule has 0 spiro atoms. The van der Waals surface area contributed by atoms with Crippen LogP contribution in [0.15, 0.2) is 121 Å². The van der Waals surface area contributed by atoms with E-state index in [1.54, 1.807) is 11.8 Å². The lowest BCUT2D eigenvalue weighted by Crippen LogP contribution is -2.60. The zero-order chi connectivity index (χ0) is 30.2. The summed E-state index contributed by atoms with van der Waals surface area (Å²) >= 11 is 1.58. The highest BCUT2D eigenvalue weighted by molar-refractivity contribution is 7.99. The van der Waals surface area contributed by atoms with E-state index in [0.29, 0.717) is 45.2 Å². The summed E-state index contributed by atoms with van der Waals surface area (Å²) < 4.78 is 33.0. The molecule has 0 N–H and O–H groups in total. The highest BCUT2D eigenvalue weighted by atomic mass is 32.2. The Morgan fingerprint density at radius 1 is 0.568 bits per heavy atom. The van der Waals surface area contributed by atoms with E-state index in [1.165, 1.54) is 0 Å². The van der Waals surface area contributed by atoms with Crippen molar-refractivity contribution >= 4 is 11.8 Å². The fraction of sp³-hybridized carbons (Fsp3) is 0.324. The Labute approximate surface area is 264 Å². The standard InChI is InChI=1S/C37H39NO5S/c38-22-13-23-44-37-36(42-27-32-20-11-4-12-21-32)35(41-26-31-18-9-3-10-19-31)34(40-25-30-16-7-2-8-17-30)33(43-37)28-39-24-29-14-5-1-6-15-29/h1-12,14-21,33-37H,13,23-28H2/t33-,34-,35+,36-,37+/m1/s1. The topological polar surface area (TPSA) is 69.9 Å². The van der Waals surface area contributed by atoms with E-state index in [1.807, 2.05) is 109 Å². The maximum Gasteiger partial charge on any atom is 0.132 e. The molecule has 7 heteroatoms. The largest absolute Gasteiger partial charge is 0.374 e. The lowest BCUT2D eigenvalue weighted by atomic mass is 9.98. The molecule has 1 fully saturated rings. The van der Waals surface area contributed by atoms with Gasteiger partial charge in [-0.25, -0.2) is 0 Å². The van der Waals surface area contributed by atoms with E-state index >= 15 is 0 Å². The molecule has 228 valence electrons. The molecule has 5 rings (SSSR count). The SMILES string of the molecule is N#CCCS[C@@H]1O[C@H](COCc2ccccc2)[C@@H](OCc2ccccc2)[C@H](OCc2ccccc2)[C@H]1OCc1ccccc1. The molecule has 0 aliphatic carbocycles. The Morgan fingerprint density at radius 2 is 1.00 bits per heavy atom. The van der Waals surface area contributed by atoms with Gasteiger partial charge in [-0.2, -0.15) is 5.26 Å². The van der Waals surface area contributed by atoms with Crippen LogP contribution in [-0.2, 0) is 50.1 Å². The molecule has 0 unspecified atom stereocenters. The molecule has 1 saturated heterocycles. The first kappa shape index (κ1) is 31.9. The summed E-state index contributed by atoms with van der Waals surface area (Å²) in [5, 5.41) is 9.27. The first-order valence-corrected chi connectivity index (χ1v) is 16.1. The van der Waals surface area contributed by atoms with Crippen LogP contribution >= 0.6 is 11.8 Å². The minimum absolute atomic E-state index is 0.320. The third kappa shape index (κ3) is 9.76. The number of nitrogens with zero attached hydrogens (tertiary/aromatic N) is 1. The van der Waals surface area contributed by atoms with E-state index in [9.17, 15) is 5.26 Å². The van der Waals surface area contributed by atoms with Crippen molar-refractivity contribution in [2.24, 2.45) is 0 Å². The Bertz CT molecular complexity index is 1390. The predicted molar refractivity (Wildman–Crippen MR) is 173 cm³/mol. The Morgan fingerprint density at radius 3 is 1.48 bits per heavy atom. The minimum Gasteiger partial charge on any atom is -0.374 e. The molecule has 6 nitrogen and oxygen atoms in total. The van der Waals surface area contributed by atoms with Crippen molar-refractivity contribution in [2.75, 3.05) is 12.4 Å². The van der Waals surface area contributed by atoms with Crippen LogP contribution in [0.4, 0.5) is 0 Å². The Hall–Kier alpha value is -3.48. The van der Waals surface area contributed by atoms with Crippen molar-refractivity contribution < 1.29 is 23.7 Å². The molecule has 44 heavy (non-hydrogen) atoms. The summed E-state index contributed by atoms with van der Waals surface area (Å²) in [5.74, 6) is 0.616. The van der Waals surface area contributed by atoms with Gasteiger partial charge in [0.1, 0.15) is 29.9 Å². The molecular weight excluding hydrogens is 570 g/mol. The third-order valence-corrected chi connectivity index (χ3v) is 8.48. The highest BCUT2D eigenvalue weighted by Crippen LogP contribution is 2.35. The smallest absolute Gasteiger partial charge is 0.132 e. The van der Waals surface area contributed by atoms with Crippen molar-refractivity contribution in [2.45, 2.75) is 62.7 Å². The second kappa shape index (κ2) is 17.7. The summed E-state index contributed by atoms with van der Waals surface area (Å²) in [4.78, 5) is 0. The van der Waals surface area contributed by atoms with Gasteiger partial charge < -0.3 is 23.7 Å². The van der Waals surface area contributed by atoms with Crippen molar-refractivity contribution in [3.8, 4) is 6.07 Å². The average molecular weight is 610 g/mol. The predicted octanol–water partition coefficient (Wildman–Crippen LogP) is 7.33. The number of nitriles is 1. The normalized spacial score (nSPS) is 21.5. The lowest BCUT2D eigenvalue weighted by molar-refractivity contribution is -0.254. The first-order valence-electron chi connectivity index (χ1n) is 15.0. The third-order valence-electron chi connectivity index (χ3n) is 7.34. The Balaban J connectivity index is 1.42. The van der Waals surface area contributed by atoms with Crippen LogP contribution in [0.1, 0.15) is 28.7 Å². The maximum atomic E-state index is 9.27. The minimum atomic E-state index is -0.469. The molecule has 0 saturated carbocycles. The van der Waals surface area contributed by atoms with Crippen LogP contribution < -0.4 is 0 Å². The second-order valence-corrected chi connectivity index (χ2v) is 11.8.